The van der Waals surface area contributed by atoms with Crippen molar-refractivity contribution >= 4 is 49.4 Å². The summed E-state index contributed by atoms with van der Waals surface area (Å²) >= 11 is 0. The molecule has 66 heavy (non-hydrogen) atoms. The number of fused-ring (bicyclic) bond motifs is 19. The molecule has 310 valence electrons. The van der Waals surface area contributed by atoms with Crippen LogP contribution < -0.4 is 4.90 Å². The van der Waals surface area contributed by atoms with Gasteiger partial charge >= 0.3 is 0 Å². The van der Waals surface area contributed by atoms with E-state index in [0.29, 0.717) is 0 Å². The largest absolute Gasteiger partial charge is 0.310 e. The molecule has 3 aliphatic carbocycles. The second kappa shape index (κ2) is 14.5. The summed E-state index contributed by atoms with van der Waals surface area (Å²) in [6, 6.07) is 85.2. The van der Waals surface area contributed by atoms with Crippen molar-refractivity contribution in [2.24, 2.45) is 0 Å². The third-order valence-electron chi connectivity index (χ3n) is 15.2. The van der Waals surface area contributed by atoms with Crippen LogP contribution in [0.25, 0.3) is 76.8 Å². The molecular formula is C65H45N. The smallest absolute Gasteiger partial charge is 0.0726 e. The maximum Gasteiger partial charge on any atom is 0.0726 e. The normalized spacial score (nSPS) is 13.9. The topological polar surface area (TPSA) is 3.24 Å². The highest BCUT2D eigenvalue weighted by atomic mass is 15.1. The lowest BCUT2D eigenvalue weighted by atomic mass is 9.70. The van der Waals surface area contributed by atoms with Crippen LogP contribution in [0.5, 0.6) is 0 Å². The first kappa shape index (κ1) is 37.4. The average Bonchev–Trinajstić information content (AvgIpc) is 3.84. The van der Waals surface area contributed by atoms with Gasteiger partial charge in [-0.2, -0.15) is 0 Å². The van der Waals surface area contributed by atoms with Crippen molar-refractivity contribution in [3.63, 3.8) is 0 Å². The van der Waals surface area contributed by atoms with Crippen molar-refractivity contribution in [1.82, 2.24) is 0 Å². The van der Waals surface area contributed by atoms with Gasteiger partial charge in [0.2, 0.25) is 0 Å². The summed E-state index contributed by atoms with van der Waals surface area (Å²) in [6.07, 6.45) is 4.51. The molecular weight excluding hydrogens is 795 g/mol. The Kier molecular flexibility index (Phi) is 8.22. The Bertz CT molecular complexity index is 3700. The molecule has 0 fully saturated rings. The minimum absolute atomic E-state index is 0.483. The van der Waals surface area contributed by atoms with Crippen LogP contribution in [0, 0.1) is 0 Å². The molecule has 0 saturated carbocycles. The van der Waals surface area contributed by atoms with Gasteiger partial charge in [0.1, 0.15) is 0 Å². The molecule has 0 saturated heterocycles. The summed E-state index contributed by atoms with van der Waals surface area (Å²) in [5, 5.41) is 7.66. The molecule has 1 nitrogen and oxygen atoms in total. The molecule has 0 heterocycles. The molecule has 14 rings (SSSR count). The number of hydrogen-bond donors (Lipinski definition) is 0. The van der Waals surface area contributed by atoms with Gasteiger partial charge in [-0.3, -0.25) is 0 Å². The predicted octanol–water partition coefficient (Wildman–Crippen LogP) is 17.2. The first-order valence-corrected chi connectivity index (χ1v) is 23.6. The quantitative estimate of drug-likeness (QED) is 0.160. The Morgan fingerprint density at radius 2 is 0.758 bits per heavy atom. The zero-order valence-corrected chi connectivity index (χ0v) is 36.6. The minimum Gasteiger partial charge on any atom is -0.310 e. The van der Waals surface area contributed by atoms with E-state index in [9.17, 15) is 0 Å². The molecule has 1 heteroatoms. The van der Waals surface area contributed by atoms with E-state index in [1.807, 2.05) is 0 Å². The summed E-state index contributed by atoms with van der Waals surface area (Å²) < 4.78 is 0. The average molecular weight is 840 g/mol. The van der Waals surface area contributed by atoms with Crippen LogP contribution in [0.15, 0.2) is 224 Å². The van der Waals surface area contributed by atoms with Crippen molar-refractivity contribution in [3.8, 4) is 44.5 Å². The highest BCUT2D eigenvalue weighted by molar-refractivity contribution is 6.26. The van der Waals surface area contributed by atoms with E-state index in [4.69, 9.17) is 0 Å². The number of benzene rings is 11. The summed E-state index contributed by atoms with van der Waals surface area (Å²) in [7, 11) is 0. The lowest BCUT2D eigenvalue weighted by Gasteiger charge is -2.34. The monoisotopic (exact) mass is 839 g/mol. The molecule has 0 N–H and O–H groups in total. The minimum atomic E-state index is -0.483. The fourth-order valence-electron chi connectivity index (χ4n) is 12.4. The van der Waals surface area contributed by atoms with E-state index in [1.54, 1.807) is 0 Å². The lowest BCUT2D eigenvalue weighted by Crippen LogP contribution is -2.26. The fourth-order valence-corrected chi connectivity index (χ4v) is 12.4. The Balaban J connectivity index is 1.11. The molecule has 0 aliphatic heterocycles. The van der Waals surface area contributed by atoms with E-state index in [2.05, 4.69) is 229 Å². The van der Waals surface area contributed by atoms with Gasteiger partial charge in [-0.1, -0.05) is 188 Å². The second-order valence-corrected chi connectivity index (χ2v) is 18.5. The van der Waals surface area contributed by atoms with E-state index >= 15 is 0 Å². The van der Waals surface area contributed by atoms with Gasteiger partial charge in [0.15, 0.2) is 0 Å². The molecule has 0 radical (unpaired) electrons. The Hall–Kier alpha value is -8.00. The predicted molar refractivity (Wildman–Crippen MR) is 277 cm³/mol. The van der Waals surface area contributed by atoms with Gasteiger partial charge < -0.3 is 4.90 Å². The van der Waals surface area contributed by atoms with Gasteiger partial charge in [-0.15, -0.1) is 0 Å². The van der Waals surface area contributed by atoms with Crippen LogP contribution in [0.3, 0.4) is 0 Å². The van der Waals surface area contributed by atoms with Gasteiger partial charge in [-0.05, 0) is 167 Å². The van der Waals surface area contributed by atoms with Crippen molar-refractivity contribution in [1.29, 1.82) is 0 Å². The SMILES string of the molecule is c1ccc(-c2cc3c(cc2N(c2ccc4c(c2)CCCCc2ccccc2-4)c2ccc4c5ccccc5c5ccccc5c4c2)C2(c4ccccc4-c4ccccc42)c2ccccc2-3)cc1. The van der Waals surface area contributed by atoms with Crippen LogP contribution in [0.1, 0.15) is 46.2 Å². The fraction of sp³-hybridized carbons (Fsp3) is 0.0769. The molecule has 11 aromatic carbocycles. The molecule has 0 amide bonds. The first-order valence-electron chi connectivity index (χ1n) is 23.6. The van der Waals surface area contributed by atoms with Crippen LogP contribution in [-0.4, -0.2) is 0 Å². The van der Waals surface area contributed by atoms with Crippen molar-refractivity contribution in [3.05, 3.63) is 258 Å². The lowest BCUT2D eigenvalue weighted by molar-refractivity contribution is 0.729. The third kappa shape index (κ3) is 5.29. The molecule has 0 aromatic heterocycles. The van der Waals surface area contributed by atoms with Crippen LogP contribution >= 0.6 is 0 Å². The summed E-state index contributed by atoms with van der Waals surface area (Å²) in [4.78, 5) is 2.60. The number of nitrogens with zero attached hydrogens (tertiary/aromatic N) is 1. The van der Waals surface area contributed by atoms with Gasteiger partial charge in [0, 0.05) is 16.9 Å². The Morgan fingerprint density at radius 3 is 1.41 bits per heavy atom. The number of hydrogen-bond acceptors (Lipinski definition) is 1. The van der Waals surface area contributed by atoms with Gasteiger partial charge in [0.05, 0.1) is 11.1 Å². The van der Waals surface area contributed by atoms with Crippen LogP contribution in [0.4, 0.5) is 17.1 Å². The molecule has 1 spiro atoms. The van der Waals surface area contributed by atoms with Crippen LogP contribution in [-0.2, 0) is 18.3 Å². The second-order valence-electron chi connectivity index (χ2n) is 18.5. The van der Waals surface area contributed by atoms with Gasteiger partial charge in [0.25, 0.3) is 0 Å². The highest BCUT2D eigenvalue weighted by Crippen LogP contribution is 2.64. The molecule has 0 bridgehead atoms. The Morgan fingerprint density at radius 1 is 0.288 bits per heavy atom. The Labute approximate surface area is 385 Å². The molecule has 0 unspecified atom stereocenters. The number of anilines is 3. The van der Waals surface area contributed by atoms with Crippen molar-refractivity contribution < 1.29 is 0 Å². The number of aryl methyl sites for hydroxylation is 2. The highest BCUT2D eigenvalue weighted by Gasteiger charge is 2.52. The summed E-state index contributed by atoms with van der Waals surface area (Å²) in [5.41, 5.74) is 21.6. The maximum absolute atomic E-state index is 2.60. The first-order chi connectivity index (χ1) is 32.8. The van der Waals surface area contributed by atoms with E-state index in [0.717, 1.165) is 24.9 Å². The maximum atomic E-state index is 2.60. The van der Waals surface area contributed by atoms with E-state index in [-0.39, 0.29) is 0 Å². The summed E-state index contributed by atoms with van der Waals surface area (Å²) in [5.74, 6) is 0. The molecule has 0 atom stereocenters. The molecule has 11 aromatic rings. The number of rotatable bonds is 4. The van der Waals surface area contributed by atoms with Crippen molar-refractivity contribution in [2.45, 2.75) is 31.1 Å². The van der Waals surface area contributed by atoms with Crippen molar-refractivity contribution in [2.75, 3.05) is 4.90 Å². The van der Waals surface area contributed by atoms with E-state index < -0.39 is 5.41 Å². The standard InChI is InChI=1S/C65H45N/c1-2-18-43(19-3-1)57-40-59-56-30-14-17-33-62(56)65(60-31-15-12-28-54(60)55-29-13-16-32-61(55)65)63(59)41-64(57)66(45-34-36-48-44(38-45)22-5-4-20-42-21-6-7-23-47(42)48)46-35-37-53-51-26-9-8-24-49(51)50-25-10-11-27-52(50)58(53)39-46/h1-3,6-19,21,23-41H,4-5,20,22H2. The van der Waals surface area contributed by atoms with E-state index in [1.165, 1.54) is 128 Å². The zero-order valence-electron chi connectivity index (χ0n) is 36.6. The zero-order chi connectivity index (χ0) is 43.3. The summed E-state index contributed by atoms with van der Waals surface area (Å²) in [6.45, 7) is 0. The third-order valence-corrected chi connectivity index (χ3v) is 15.2. The van der Waals surface area contributed by atoms with Crippen LogP contribution in [0.2, 0.25) is 0 Å². The molecule has 3 aliphatic rings. The van der Waals surface area contributed by atoms with Gasteiger partial charge in [-0.25, -0.2) is 0 Å².